The summed E-state index contributed by atoms with van der Waals surface area (Å²) >= 11 is 0. The highest BCUT2D eigenvalue weighted by Crippen LogP contribution is 2.31. The molecule has 26 heavy (non-hydrogen) atoms. The van der Waals surface area contributed by atoms with Gasteiger partial charge in [-0.25, -0.2) is 9.67 Å². The number of pyridine rings is 1. The second-order valence-electron chi connectivity index (χ2n) is 6.69. The Morgan fingerprint density at radius 3 is 2.88 bits per heavy atom. The topological polar surface area (TPSA) is 77.6 Å². The Morgan fingerprint density at radius 2 is 2.15 bits per heavy atom. The van der Waals surface area contributed by atoms with Crippen LogP contribution in [0.25, 0.3) is 5.82 Å². The zero-order valence-electron chi connectivity index (χ0n) is 15.0. The molecule has 0 spiro atoms. The molecule has 0 aromatic carbocycles. The van der Waals surface area contributed by atoms with E-state index in [-0.39, 0.29) is 18.0 Å². The zero-order valence-corrected chi connectivity index (χ0v) is 15.0. The number of aryl methyl sites for hydroxylation is 1. The summed E-state index contributed by atoms with van der Waals surface area (Å²) < 4.78 is 3.63. The fraction of sp³-hybridized carbons (Fsp3) is 0.368. The van der Waals surface area contributed by atoms with Crippen LogP contribution in [-0.2, 0) is 11.2 Å². The predicted molar refractivity (Wildman–Crippen MR) is 96.9 cm³/mol. The van der Waals surface area contributed by atoms with E-state index >= 15 is 0 Å². The quantitative estimate of drug-likeness (QED) is 0.784. The lowest BCUT2D eigenvalue weighted by molar-refractivity contribution is -0.125. The Kier molecular flexibility index (Phi) is 4.28. The normalized spacial score (nSPS) is 17.5. The monoisotopic (exact) mass is 350 g/mol. The van der Waals surface area contributed by atoms with Crippen LogP contribution >= 0.6 is 0 Å². The number of hydrogen-bond acceptors (Lipinski definition) is 4. The summed E-state index contributed by atoms with van der Waals surface area (Å²) in [5.74, 6) is 0.779. The van der Waals surface area contributed by atoms with Crippen molar-refractivity contribution in [1.82, 2.24) is 29.9 Å². The molecule has 0 bridgehead atoms. The van der Waals surface area contributed by atoms with E-state index in [4.69, 9.17) is 0 Å². The number of fused-ring (bicyclic) bond motifs is 1. The lowest BCUT2D eigenvalue weighted by atomic mass is 9.92. The molecule has 3 aromatic heterocycles. The third-order valence-electron chi connectivity index (χ3n) is 4.98. The van der Waals surface area contributed by atoms with Gasteiger partial charge in [-0.1, -0.05) is 6.07 Å². The van der Waals surface area contributed by atoms with Crippen LogP contribution in [0.1, 0.15) is 48.8 Å². The summed E-state index contributed by atoms with van der Waals surface area (Å²) in [4.78, 5) is 17.1. The molecule has 0 saturated carbocycles. The molecule has 1 aliphatic carbocycles. The molecule has 1 aliphatic rings. The molecule has 134 valence electrons. The average Bonchev–Trinajstić information content (AvgIpc) is 3.28. The number of carbonyl (C=O) groups excluding carboxylic acids is 1. The summed E-state index contributed by atoms with van der Waals surface area (Å²) in [6.07, 6.45) is 8.20. The van der Waals surface area contributed by atoms with Crippen LogP contribution in [0.15, 0.2) is 42.9 Å². The Labute approximate surface area is 152 Å². The average molecular weight is 350 g/mol. The zero-order chi connectivity index (χ0) is 18.1. The lowest BCUT2D eigenvalue weighted by Crippen LogP contribution is -2.36. The van der Waals surface area contributed by atoms with Gasteiger partial charge < -0.3 is 5.32 Å². The van der Waals surface area contributed by atoms with E-state index in [9.17, 15) is 4.79 Å². The summed E-state index contributed by atoms with van der Waals surface area (Å²) in [5.41, 5.74) is 3.18. The number of amides is 1. The Balaban J connectivity index is 1.56. The Hall–Kier alpha value is -2.96. The molecule has 0 aliphatic heterocycles. The van der Waals surface area contributed by atoms with Gasteiger partial charge in [0.05, 0.1) is 17.9 Å². The summed E-state index contributed by atoms with van der Waals surface area (Å²) in [7, 11) is 0. The van der Waals surface area contributed by atoms with E-state index in [1.54, 1.807) is 17.1 Å². The number of nitrogens with one attached hydrogen (secondary N) is 1. The second-order valence-corrected chi connectivity index (χ2v) is 6.69. The van der Waals surface area contributed by atoms with Crippen molar-refractivity contribution in [3.8, 4) is 5.82 Å². The van der Waals surface area contributed by atoms with Gasteiger partial charge in [-0.05, 0) is 51.3 Å². The van der Waals surface area contributed by atoms with E-state index in [0.717, 1.165) is 42.0 Å². The number of aromatic nitrogens is 5. The molecule has 3 heterocycles. The van der Waals surface area contributed by atoms with Crippen molar-refractivity contribution in [2.24, 2.45) is 0 Å². The fourth-order valence-corrected chi connectivity index (χ4v) is 3.57. The maximum absolute atomic E-state index is 12.7. The first-order chi connectivity index (χ1) is 12.6. The minimum Gasteiger partial charge on any atom is -0.347 e. The van der Waals surface area contributed by atoms with Crippen molar-refractivity contribution < 1.29 is 4.79 Å². The molecular weight excluding hydrogens is 328 g/mol. The van der Waals surface area contributed by atoms with Gasteiger partial charge in [-0.3, -0.25) is 9.48 Å². The first kappa shape index (κ1) is 16.5. The van der Waals surface area contributed by atoms with Gasteiger partial charge >= 0.3 is 0 Å². The van der Waals surface area contributed by atoms with Gasteiger partial charge in [0.2, 0.25) is 5.91 Å². The van der Waals surface area contributed by atoms with E-state index in [0.29, 0.717) is 0 Å². The van der Waals surface area contributed by atoms with E-state index in [1.807, 2.05) is 49.0 Å². The molecule has 0 radical (unpaired) electrons. The number of carbonyl (C=O) groups is 1. The van der Waals surface area contributed by atoms with Crippen molar-refractivity contribution in [3.05, 3.63) is 59.8 Å². The van der Waals surface area contributed by atoms with Crippen molar-refractivity contribution in [2.75, 3.05) is 0 Å². The molecule has 0 saturated heterocycles. The van der Waals surface area contributed by atoms with Crippen LogP contribution in [0.2, 0.25) is 0 Å². The van der Waals surface area contributed by atoms with Crippen molar-refractivity contribution in [1.29, 1.82) is 0 Å². The van der Waals surface area contributed by atoms with Crippen LogP contribution < -0.4 is 5.32 Å². The molecular formula is C19H22N6O. The number of hydrogen-bond donors (Lipinski definition) is 1. The predicted octanol–water partition coefficient (Wildman–Crippen LogP) is 2.53. The minimum atomic E-state index is -0.346. The molecule has 4 rings (SSSR count). The van der Waals surface area contributed by atoms with Gasteiger partial charge in [-0.15, -0.1) is 0 Å². The molecule has 2 unspecified atom stereocenters. The molecule has 7 heteroatoms. The minimum absolute atomic E-state index is 0.0259. The smallest absolute Gasteiger partial charge is 0.245 e. The molecule has 7 nitrogen and oxygen atoms in total. The standard InChI is InChI=1S/C19H22N6O/c1-13-9-11-21-24(13)14(2)19(26)23-16-6-5-7-17-15(16)12-22-25(17)18-8-3-4-10-20-18/h3-4,8-12,14,16H,5-7H2,1-2H3,(H,23,26). The van der Waals surface area contributed by atoms with Gasteiger partial charge in [0.1, 0.15) is 6.04 Å². The SMILES string of the molecule is Cc1ccnn1C(C)C(=O)NC1CCCc2c1cnn2-c1ccccn1. The van der Waals surface area contributed by atoms with E-state index in [2.05, 4.69) is 20.5 Å². The van der Waals surface area contributed by atoms with Crippen LogP contribution in [0.5, 0.6) is 0 Å². The molecule has 1 N–H and O–H groups in total. The van der Waals surface area contributed by atoms with Crippen LogP contribution in [0.4, 0.5) is 0 Å². The highest BCUT2D eigenvalue weighted by molar-refractivity contribution is 5.80. The first-order valence-corrected chi connectivity index (χ1v) is 8.94. The van der Waals surface area contributed by atoms with Crippen LogP contribution in [-0.4, -0.2) is 30.5 Å². The van der Waals surface area contributed by atoms with Crippen LogP contribution in [0.3, 0.4) is 0 Å². The first-order valence-electron chi connectivity index (χ1n) is 8.94. The van der Waals surface area contributed by atoms with E-state index in [1.165, 1.54) is 0 Å². The van der Waals surface area contributed by atoms with Gasteiger partial charge in [-0.2, -0.15) is 10.2 Å². The fourth-order valence-electron chi connectivity index (χ4n) is 3.57. The maximum atomic E-state index is 12.7. The number of nitrogens with zero attached hydrogens (tertiary/aromatic N) is 5. The Morgan fingerprint density at radius 1 is 1.27 bits per heavy atom. The molecule has 0 fully saturated rings. The van der Waals surface area contributed by atoms with Gasteiger partial charge in [0, 0.05) is 23.7 Å². The molecule has 3 aromatic rings. The highest BCUT2D eigenvalue weighted by Gasteiger charge is 2.28. The van der Waals surface area contributed by atoms with Crippen molar-refractivity contribution in [3.63, 3.8) is 0 Å². The van der Waals surface area contributed by atoms with Crippen molar-refractivity contribution >= 4 is 5.91 Å². The van der Waals surface area contributed by atoms with Gasteiger partial charge in [0.15, 0.2) is 5.82 Å². The Bertz CT molecular complexity index is 913. The van der Waals surface area contributed by atoms with Crippen LogP contribution in [0, 0.1) is 6.92 Å². The van der Waals surface area contributed by atoms with E-state index < -0.39 is 0 Å². The van der Waals surface area contributed by atoms with Crippen molar-refractivity contribution in [2.45, 2.75) is 45.2 Å². The summed E-state index contributed by atoms with van der Waals surface area (Å²) in [6.45, 7) is 3.82. The summed E-state index contributed by atoms with van der Waals surface area (Å²) in [5, 5.41) is 12.0. The third kappa shape index (κ3) is 2.89. The molecule has 1 amide bonds. The lowest BCUT2D eigenvalue weighted by Gasteiger charge is -2.25. The number of rotatable bonds is 4. The highest BCUT2D eigenvalue weighted by atomic mass is 16.2. The summed E-state index contributed by atoms with van der Waals surface area (Å²) in [6, 6.07) is 7.31. The maximum Gasteiger partial charge on any atom is 0.245 e. The second kappa shape index (κ2) is 6.74. The van der Waals surface area contributed by atoms with Gasteiger partial charge in [0.25, 0.3) is 0 Å². The third-order valence-corrected chi connectivity index (χ3v) is 4.98. The molecule has 2 atom stereocenters. The largest absolute Gasteiger partial charge is 0.347 e.